The maximum Gasteiger partial charge on any atom is 0.0274 e. The van der Waals surface area contributed by atoms with Crippen molar-refractivity contribution in [1.29, 1.82) is 0 Å². The highest BCUT2D eigenvalue weighted by atomic mass is 15.2. The van der Waals surface area contributed by atoms with Gasteiger partial charge in [-0.1, -0.05) is 20.8 Å². The summed E-state index contributed by atoms with van der Waals surface area (Å²) >= 11 is 0. The van der Waals surface area contributed by atoms with E-state index in [0.717, 1.165) is 18.5 Å². The number of piperidine rings is 1. The van der Waals surface area contributed by atoms with E-state index in [1.54, 1.807) is 0 Å². The van der Waals surface area contributed by atoms with Crippen LogP contribution in [0.5, 0.6) is 0 Å². The molecule has 0 aromatic rings. The molecular weight excluding hydrogens is 246 g/mol. The molecule has 1 aliphatic heterocycles. The Morgan fingerprint density at radius 2 is 1.85 bits per heavy atom. The van der Waals surface area contributed by atoms with Gasteiger partial charge in [0.2, 0.25) is 0 Å². The van der Waals surface area contributed by atoms with Crippen LogP contribution in [-0.2, 0) is 0 Å². The molecule has 0 amide bonds. The molecule has 0 radical (unpaired) electrons. The van der Waals surface area contributed by atoms with Crippen molar-refractivity contribution in [3.63, 3.8) is 0 Å². The molecule has 0 spiro atoms. The summed E-state index contributed by atoms with van der Waals surface area (Å²) in [5, 5.41) is 3.76. The van der Waals surface area contributed by atoms with Gasteiger partial charge in [0.1, 0.15) is 0 Å². The summed E-state index contributed by atoms with van der Waals surface area (Å²) in [5.41, 5.74) is 0.446. The van der Waals surface area contributed by atoms with E-state index < -0.39 is 0 Å². The first-order valence-electron chi connectivity index (χ1n) is 8.56. The molecule has 2 aliphatic rings. The van der Waals surface area contributed by atoms with E-state index in [9.17, 15) is 0 Å². The summed E-state index contributed by atoms with van der Waals surface area (Å²) in [4.78, 5) is 5.13. The molecule has 1 saturated carbocycles. The molecule has 2 atom stereocenters. The quantitative estimate of drug-likeness (QED) is 0.835. The van der Waals surface area contributed by atoms with Gasteiger partial charge in [-0.05, 0) is 70.7 Å². The van der Waals surface area contributed by atoms with Crippen molar-refractivity contribution in [3.8, 4) is 0 Å². The predicted molar refractivity (Wildman–Crippen MR) is 87.1 cm³/mol. The molecule has 0 bridgehead atoms. The average Bonchev–Trinajstić information content (AvgIpc) is 2.69. The fourth-order valence-corrected chi connectivity index (χ4v) is 4.26. The number of hydrogen-bond donors (Lipinski definition) is 1. The largest absolute Gasteiger partial charge is 0.312 e. The Kier molecular flexibility index (Phi) is 5.49. The van der Waals surface area contributed by atoms with Crippen LogP contribution in [0, 0.1) is 11.3 Å². The second-order valence-electron chi connectivity index (χ2n) is 7.82. The minimum atomic E-state index is 0.446. The van der Waals surface area contributed by atoms with Gasteiger partial charge in [0.15, 0.2) is 0 Å². The summed E-state index contributed by atoms with van der Waals surface area (Å²) in [5.74, 6) is 0.905. The van der Waals surface area contributed by atoms with Crippen molar-refractivity contribution in [2.75, 3.05) is 40.3 Å². The molecule has 3 heteroatoms. The molecule has 1 N–H and O–H groups in total. The lowest BCUT2D eigenvalue weighted by Crippen LogP contribution is -2.52. The molecule has 0 aromatic heterocycles. The number of nitrogens with zero attached hydrogens (tertiary/aromatic N) is 2. The van der Waals surface area contributed by atoms with E-state index in [1.807, 2.05) is 0 Å². The van der Waals surface area contributed by atoms with Gasteiger partial charge < -0.3 is 15.1 Å². The van der Waals surface area contributed by atoms with Crippen LogP contribution in [0.2, 0.25) is 0 Å². The lowest BCUT2D eigenvalue weighted by Gasteiger charge is -2.38. The van der Waals surface area contributed by atoms with Gasteiger partial charge in [0, 0.05) is 18.6 Å². The summed E-state index contributed by atoms with van der Waals surface area (Å²) in [6, 6.07) is 1.38. The molecule has 0 aromatic carbocycles. The SMILES string of the molecule is CCNC1C(N(C)CC2CCN(C)CC2)CCC1(C)C. The topological polar surface area (TPSA) is 18.5 Å². The lowest BCUT2D eigenvalue weighted by atomic mass is 9.86. The van der Waals surface area contributed by atoms with Crippen LogP contribution < -0.4 is 5.32 Å². The van der Waals surface area contributed by atoms with Gasteiger partial charge in [-0.2, -0.15) is 0 Å². The first-order valence-corrected chi connectivity index (χ1v) is 8.56. The van der Waals surface area contributed by atoms with Gasteiger partial charge in [-0.15, -0.1) is 0 Å². The minimum absolute atomic E-state index is 0.446. The second kappa shape index (κ2) is 6.76. The summed E-state index contributed by atoms with van der Waals surface area (Å²) < 4.78 is 0. The highest BCUT2D eigenvalue weighted by Gasteiger charge is 2.43. The maximum absolute atomic E-state index is 3.76. The lowest BCUT2D eigenvalue weighted by molar-refractivity contribution is 0.125. The van der Waals surface area contributed by atoms with E-state index in [-0.39, 0.29) is 0 Å². The number of rotatable bonds is 5. The van der Waals surface area contributed by atoms with Crippen LogP contribution >= 0.6 is 0 Å². The number of nitrogens with one attached hydrogen (secondary N) is 1. The zero-order valence-electron chi connectivity index (χ0n) is 14.3. The smallest absolute Gasteiger partial charge is 0.0274 e. The van der Waals surface area contributed by atoms with Crippen molar-refractivity contribution < 1.29 is 0 Å². The molecule has 2 unspecified atom stereocenters. The summed E-state index contributed by atoms with van der Waals surface area (Å²) in [7, 11) is 4.61. The monoisotopic (exact) mass is 281 g/mol. The Morgan fingerprint density at radius 3 is 2.45 bits per heavy atom. The molecule has 1 heterocycles. The van der Waals surface area contributed by atoms with Crippen molar-refractivity contribution >= 4 is 0 Å². The van der Waals surface area contributed by atoms with Gasteiger partial charge >= 0.3 is 0 Å². The molecule has 1 saturated heterocycles. The van der Waals surface area contributed by atoms with Gasteiger partial charge in [0.25, 0.3) is 0 Å². The summed E-state index contributed by atoms with van der Waals surface area (Å²) in [6.45, 7) is 12.1. The van der Waals surface area contributed by atoms with Crippen molar-refractivity contribution in [1.82, 2.24) is 15.1 Å². The van der Waals surface area contributed by atoms with E-state index in [0.29, 0.717) is 11.5 Å². The number of hydrogen-bond acceptors (Lipinski definition) is 3. The highest BCUT2D eigenvalue weighted by molar-refractivity contribution is 5.00. The second-order valence-corrected chi connectivity index (χ2v) is 7.82. The van der Waals surface area contributed by atoms with Crippen molar-refractivity contribution in [2.45, 2.75) is 58.5 Å². The van der Waals surface area contributed by atoms with Crippen LogP contribution in [0.1, 0.15) is 46.5 Å². The third-order valence-corrected chi connectivity index (χ3v) is 5.69. The van der Waals surface area contributed by atoms with E-state index >= 15 is 0 Å². The molecule has 20 heavy (non-hydrogen) atoms. The Balaban J connectivity index is 1.89. The molecule has 2 rings (SSSR count). The van der Waals surface area contributed by atoms with Crippen LogP contribution in [0.3, 0.4) is 0 Å². The highest BCUT2D eigenvalue weighted by Crippen LogP contribution is 2.39. The third-order valence-electron chi connectivity index (χ3n) is 5.69. The normalized spacial score (nSPS) is 32.1. The van der Waals surface area contributed by atoms with E-state index in [4.69, 9.17) is 0 Å². The van der Waals surface area contributed by atoms with E-state index in [1.165, 1.54) is 45.3 Å². The zero-order valence-corrected chi connectivity index (χ0v) is 14.3. The van der Waals surface area contributed by atoms with Crippen molar-refractivity contribution in [2.24, 2.45) is 11.3 Å². The van der Waals surface area contributed by atoms with Crippen LogP contribution in [-0.4, -0.2) is 62.2 Å². The summed E-state index contributed by atoms with van der Waals surface area (Å²) in [6.07, 6.45) is 5.46. The molecule has 1 aliphatic carbocycles. The van der Waals surface area contributed by atoms with E-state index in [2.05, 4.69) is 50.0 Å². The van der Waals surface area contributed by atoms with Crippen molar-refractivity contribution in [3.05, 3.63) is 0 Å². The molecule has 3 nitrogen and oxygen atoms in total. The fourth-order valence-electron chi connectivity index (χ4n) is 4.26. The van der Waals surface area contributed by atoms with Crippen LogP contribution in [0.15, 0.2) is 0 Å². The number of likely N-dealkylation sites (N-methyl/N-ethyl adjacent to an activating group) is 2. The molecule has 118 valence electrons. The Morgan fingerprint density at radius 1 is 1.20 bits per heavy atom. The van der Waals surface area contributed by atoms with Crippen LogP contribution in [0.25, 0.3) is 0 Å². The number of likely N-dealkylation sites (tertiary alicyclic amines) is 1. The van der Waals surface area contributed by atoms with Gasteiger partial charge in [0.05, 0.1) is 0 Å². The Labute approximate surface area is 126 Å². The first kappa shape index (κ1) is 16.3. The minimum Gasteiger partial charge on any atom is -0.312 e. The molecular formula is C17H35N3. The third kappa shape index (κ3) is 3.75. The molecule has 2 fully saturated rings. The standard InChI is InChI=1S/C17H35N3/c1-6-18-16-15(7-10-17(16,2)3)20(5)13-14-8-11-19(4)12-9-14/h14-16,18H,6-13H2,1-5H3. The first-order chi connectivity index (χ1) is 9.44. The van der Waals surface area contributed by atoms with Gasteiger partial charge in [-0.3, -0.25) is 0 Å². The fraction of sp³-hybridized carbons (Fsp3) is 1.00. The Bertz CT molecular complexity index is 295. The maximum atomic E-state index is 3.76. The Hall–Kier alpha value is -0.120. The van der Waals surface area contributed by atoms with Crippen LogP contribution in [0.4, 0.5) is 0 Å². The van der Waals surface area contributed by atoms with Gasteiger partial charge in [-0.25, -0.2) is 0 Å². The predicted octanol–water partition coefficient (Wildman–Crippen LogP) is 2.43. The average molecular weight is 281 g/mol. The zero-order chi connectivity index (χ0) is 14.8.